The fraction of sp³-hybridized carbons (Fsp3) is 0.100. The van der Waals surface area contributed by atoms with Crippen LogP contribution in [0.4, 0.5) is 0 Å². The van der Waals surface area contributed by atoms with Crippen LogP contribution in [0.5, 0.6) is 0 Å². The standard InChI is InChI=1S/3C10H9NSe.Ru/c3*1-7-5-6-11-10-8(7)3-2-4-9(10)12;/h3*2-6,12H,1H3;/q;;;+3/p-3. The molecule has 185 valence electrons. The average Bonchev–Trinajstić information content (AvgIpc) is 2.87. The number of fused-ring (bicyclic) bond motifs is 3. The molecule has 0 aliphatic heterocycles. The monoisotopic (exact) mass is 768 g/mol. The van der Waals surface area contributed by atoms with E-state index in [0.717, 1.165) is 29.9 Å². The molecule has 0 atom stereocenters. The first-order valence-electron chi connectivity index (χ1n) is 11.4. The molecule has 1 radical (unpaired) electrons. The quantitative estimate of drug-likeness (QED) is 0.220. The van der Waals surface area contributed by atoms with Crippen LogP contribution >= 0.6 is 0 Å². The molecule has 6 rings (SSSR count). The Morgan fingerprint density at radius 2 is 0.703 bits per heavy atom. The van der Waals surface area contributed by atoms with Crippen molar-refractivity contribution in [2.75, 3.05) is 0 Å². The van der Waals surface area contributed by atoms with E-state index in [1.165, 1.54) is 32.8 Å². The van der Waals surface area contributed by atoms with Crippen LogP contribution in [0.3, 0.4) is 0 Å². The predicted molar refractivity (Wildman–Crippen MR) is 156 cm³/mol. The first-order valence-corrected chi connectivity index (χ1v) is 14.0. The number of pyridine rings is 3. The van der Waals surface area contributed by atoms with Gasteiger partial charge in [-0.3, -0.25) is 0 Å². The Morgan fingerprint density at radius 1 is 0.432 bits per heavy atom. The Bertz CT molecular complexity index is 1350. The van der Waals surface area contributed by atoms with Gasteiger partial charge in [0.05, 0.1) is 0 Å². The number of aromatic nitrogens is 3. The van der Waals surface area contributed by atoms with Crippen molar-refractivity contribution < 1.29 is 19.5 Å². The zero-order valence-corrected chi connectivity index (χ0v) is 27.5. The molecule has 0 aliphatic rings. The molecule has 3 heterocycles. The van der Waals surface area contributed by atoms with Crippen LogP contribution in [-0.2, 0) is 19.5 Å². The van der Waals surface area contributed by atoms with Crippen molar-refractivity contribution in [2.24, 2.45) is 0 Å². The van der Waals surface area contributed by atoms with Crippen LogP contribution in [0, 0.1) is 20.8 Å². The minimum Gasteiger partial charge on any atom is 3.00 e. The summed E-state index contributed by atoms with van der Waals surface area (Å²) in [6.07, 6.45) is 5.54. The number of nitrogens with zero attached hydrogens (tertiary/aromatic N) is 3. The molecule has 3 aromatic carbocycles. The first-order chi connectivity index (χ1) is 17.4. The summed E-state index contributed by atoms with van der Waals surface area (Å²) in [4.78, 5) is 12.9. The van der Waals surface area contributed by atoms with E-state index >= 15 is 0 Å². The van der Waals surface area contributed by atoms with Gasteiger partial charge in [-0.2, -0.15) is 0 Å². The number of para-hydroxylation sites is 3. The molecule has 0 spiro atoms. The zero-order chi connectivity index (χ0) is 25.7. The third-order valence-corrected chi connectivity index (χ3v) is 7.93. The molecule has 6 aromatic rings. The number of aryl methyl sites for hydroxylation is 3. The van der Waals surface area contributed by atoms with Crippen LogP contribution in [0.2, 0.25) is 0 Å². The van der Waals surface area contributed by atoms with Crippen molar-refractivity contribution >= 4 is 94.1 Å². The molecule has 37 heavy (non-hydrogen) atoms. The second-order valence-corrected chi connectivity index (χ2v) is 11.1. The first kappa shape index (κ1) is 29.6. The Hall–Kier alpha value is -1.93. The van der Waals surface area contributed by atoms with E-state index in [1.807, 2.05) is 73.2 Å². The molecular weight excluding hydrogens is 740 g/mol. The minimum absolute atomic E-state index is 0. The van der Waals surface area contributed by atoms with Crippen molar-refractivity contribution in [2.45, 2.75) is 20.8 Å². The van der Waals surface area contributed by atoms with Gasteiger partial charge in [-0.05, 0) is 0 Å². The fourth-order valence-corrected chi connectivity index (χ4v) is 5.38. The van der Waals surface area contributed by atoms with Crippen LogP contribution in [-0.4, -0.2) is 63.0 Å². The van der Waals surface area contributed by atoms with Crippen LogP contribution < -0.4 is 13.4 Å². The third kappa shape index (κ3) is 7.14. The Labute approximate surface area is 255 Å². The van der Waals surface area contributed by atoms with Gasteiger partial charge >= 0.3 is 257 Å². The third-order valence-electron chi connectivity index (χ3n) is 5.86. The van der Waals surface area contributed by atoms with E-state index in [0.29, 0.717) is 0 Å². The normalized spacial score (nSPS) is 10.1. The smallest absolute Gasteiger partial charge is 3.00 e. The number of rotatable bonds is 0. The van der Waals surface area contributed by atoms with Crippen LogP contribution in [0.25, 0.3) is 32.7 Å². The summed E-state index contributed by atoms with van der Waals surface area (Å²) in [5.74, 6) is 0. The molecule has 7 heteroatoms. The SMILES string of the molecule is Cc1ccnc2c([Se-])cccc12.Cc1ccnc2c([Se-])cccc12.Cc1ccnc2c([Se-])cccc12.[Ru+3]. The Balaban J connectivity index is 0.000000152. The van der Waals surface area contributed by atoms with Crippen LogP contribution in [0.15, 0.2) is 91.4 Å². The second kappa shape index (κ2) is 13.7. The topological polar surface area (TPSA) is 38.7 Å². The van der Waals surface area contributed by atoms with Gasteiger partial charge < -0.3 is 0 Å². The van der Waals surface area contributed by atoms with Gasteiger partial charge in [0.1, 0.15) is 0 Å². The summed E-state index contributed by atoms with van der Waals surface area (Å²) in [6, 6.07) is 24.6. The van der Waals surface area contributed by atoms with Crippen molar-refractivity contribution in [1.29, 1.82) is 0 Å². The minimum atomic E-state index is 0. The number of hydrogen-bond acceptors (Lipinski definition) is 3. The van der Waals surface area contributed by atoms with E-state index < -0.39 is 0 Å². The summed E-state index contributed by atoms with van der Waals surface area (Å²) >= 11 is 9.03. The van der Waals surface area contributed by atoms with Gasteiger partial charge in [0.15, 0.2) is 0 Å². The molecule has 0 amide bonds. The van der Waals surface area contributed by atoms with E-state index in [4.69, 9.17) is 0 Å². The molecule has 0 saturated carbocycles. The van der Waals surface area contributed by atoms with E-state index in [2.05, 4.69) is 102 Å². The zero-order valence-electron chi connectivity index (χ0n) is 20.6. The largest absolute Gasteiger partial charge is 3.00 e. The molecule has 0 bridgehead atoms. The fourth-order valence-electron chi connectivity index (χ4n) is 3.86. The van der Waals surface area contributed by atoms with Gasteiger partial charge in [-0.1, -0.05) is 0 Å². The van der Waals surface area contributed by atoms with Gasteiger partial charge in [0.2, 0.25) is 0 Å². The summed E-state index contributed by atoms with van der Waals surface area (Å²) in [5, 5.41) is 3.69. The van der Waals surface area contributed by atoms with Crippen molar-refractivity contribution in [1.82, 2.24) is 15.0 Å². The molecule has 0 N–H and O–H groups in total. The van der Waals surface area contributed by atoms with Crippen molar-refractivity contribution in [3.63, 3.8) is 0 Å². The molecule has 0 saturated heterocycles. The number of benzene rings is 3. The molecule has 0 fully saturated rings. The maximum absolute atomic E-state index is 4.31. The molecular formula is C30H24N3RuSe3. The van der Waals surface area contributed by atoms with Gasteiger partial charge in [-0.25, -0.2) is 0 Å². The Morgan fingerprint density at radius 3 is 0.946 bits per heavy atom. The summed E-state index contributed by atoms with van der Waals surface area (Å²) < 4.78 is 3.36. The second-order valence-electron chi connectivity index (χ2n) is 8.34. The molecule has 0 aliphatic carbocycles. The molecule has 3 aromatic heterocycles. The maximum atomic E-state index is 4.31. The van der Waals surface area contributed by atoms with Crippen molar-refractivity contribution in [3.8, 4) is 0 Å². The van der Waals surface area contributed by atoms with Crippen molar-refractivity contribution in [3.05, 3.63) is 108 Å². The summed E-state index contributed by atoms with van der Waals surface area (Å²) in [6.45, 7) is 6.30. The summed E-state index contributed by atoms with van der Waals surface area (Å²) in [7, 11) is 0. The predicted octanol–water partition coefficient (Wildman–Crippen LogP) is 4.01. The van der Waals surface area contributed by atoms with Gasteiger partial charge in [-0.15, -0.1) is 0 Å². The summed E-state index contributed by atoms with van der Waals surface area (Å²) in [5.41, 5.74) is 7.03. The molecule has 3 nitrogen and oxygen atoms in total. The van der Waals surface area contributed by atoms with Gasteiger partial charge in [0.25, 0.3) is 0 Å². The van der Waals surface area contributed by atoms with E-state index in [-0.39, 0.29) is 19.5 Å². The molecule has 0 unspecified atom stereocenters. The van der Waals surface area contributed by atoms with Crippen LogP contribution in [0.1, 0.15) is 16.7 Å². The number of hydrogen-bond donors (Lipinski definition) is 0. The van der Waals surface area contributed by atoms with E-state index in [1.54, 1.807) is 0 Å². The average molecular weight is 764 g/mol. The maximum Gasteiger partial charge on any atom is 3.00 e. The van der Waals surface area contributed by atoms with Gasteiger partial charge in [0, 0.05) is 0 Å². The van der Waals surface area contributed by atoms with E-state index in [9.17, 15) is 0 Å². The Kier molecular flexibility index (Phi) is 11.0.